The Morgan fingerprint density at radius 2 is 2.05 bits per heavy atom. The van der Waals surface area contributed by atoms with Crippen LogP contribution in [0.4, 0.5) is 18.3 Å². The highest BCUT2D eigenvalue weighted by atomic mass is 32.2. The molecule has 1 fully saturated rings. The van der Waals surface area contributed by atoms with Crippen LogP contribution >= 0.6 is 46.2 Å². The van der Waals surface area contributed by atoms with Gasteiger partial charge in [-0.05, 0) is 29.2 Å². The molecule has 1 unspecified atom stereocenters. The highest BCUT2D eigenvalue weighted by Crippen LogP contribution is 2.41. The summed E-state index contributed by atoms with van der Waals surface area (Å²) in [4.78, 5) is 55.1. The van der Waals surface area contributed by atoms with Crippen molar-refractivity contribution in [2.75, 3.05) is 11.5 Å². The third-order valence-electron chi connectivity index (χ3n) is 6.06. The molecule has 5 rings (SSSR count). The molecule has 2 aliphatic heterocycles. The molecular formula is C24H16F3N5O6S4. The number of nitrogen functional groups attached to an aromatic ring is 1. The van der Waals surface area contributed by atoms with Crippen molar-refractivity contribution >= 4 is 84.9 Å². The Hall–Kier alpha value is -3.87. The number of thioether (sulfide) groups is 2. The van der Waals surface area contributed by atoms with E-state index in [1.165, 1.54) is 40.8 Å². The fourth-order valence-electron chi connectivity index (χ4n) is 4.25. The quantitative estimate of drug-likeness (QED) is 0.0969. The summed E-state index contributed by atoms with van der Waals surface area (Å²) in [5.74, 6) is -2.83. The van der Waals surface area contributed by atoms with Crippen molar-refractivity contribution in [1.29, 1.82) is 0 Å². The number of hydrogen-bond acceptors (Lipinski definition) is 12. The number of aromatic nitrogens is 1. The minimum Gasteiger partial charge on any atom is -0.477 e. The van der Waals surface area contributed by atoms with Crippen molar-refractivity contribution in [3.8, 4) is 0 Å². The fourth-order valence-corrected chi connectivity index (χ4v) is 8.13. The first-order valence-corrected chi connectivity index (χ1v) is 15.2. The van der Waals surface area contributed by atoms with Gasteiger partial charge in [-0.3, -0.25) is 19.3 Å². The molecule has 0 bridgehead atoms. The zero-order valence-electron chi connectivity index (χ0n) is 20.6. The molecule has 0 aliphatic carbocycles. The van der Waals surface area contributed by atoms with Gasteiger partial charge in [-0.1, -0.05) is 23.0 Å². The number of carboxylic acid groups (broad SMARTS) is 1. The number of nitrogens with zero attached hydrogens (tertiary/aromatic N) is 3. The summed E-state index contributed by atoms with van der Waals surface area (Å²) in [6, 6.07) is 3.48. The van der Waals surface area contributed by atoms with Crippen LogP contribution in [-0.4, -0.2) is 60.9 Å². The largest absolute Gasteiger partial charge is 0.477 e. The average molecular weight is 656 g/mol. The maximum atomic E-state index is 13.3. The van der Waals surface area contributed by atoms with Crippen molar-refractivity contribution in [1.82, 2.24) is 15.2 Å². The van der Waals surface area contributed by atoms with Crippen LogP contribution in [0.1, 0.15) is 11.3 Å². The fraction of sp³-hybridized carbons (Fsp3) is 0.167. The van der Waals surface area contributed by atoms with Gasteiger partial charge in [0.05, 0.1) is 15.2 Å². The third-order valence-corrected chi connectivity index (χ3v) is 10.1. The number of rotatable bonds is 7. The van der Waals surface area contributed by atoms with Gasteiger partial charge >= 0.3 is 12.1 Å². The number of anilines is 1. The lowest BCUT2D eigenvalue weighted by atomic mass is 10.0. The zero-order valence-corrected chi connectivity index (χ0v) is 23.9. The van der Waals surface area contributed by atoms with E-state index >= 15 is 0 Å². The number of oxime groups is 1. The highest BCUT2D eigenvalue weighted by Gasteiger charge is 2.54. The summed E-state index contributed by atoms with van der Waals surface area (Å²) in [6.07, 6.45) is -3.23. The van der Waals surface area contributed by atoms with E-state index in [0.29, 0.717) is 4.21 Å². The van der Waals surface area contributed by atoms with E-state index in [4.69, 9.17) is 5.73 Å². The van der Waals surface area contributed by atoms with Crippen LogP contribution in [0.3, 0.4) is 0 Å². The SMILES string of the molecule is Nc1nc(C(=NO)C(=O)NC2C(=O)N3C(C(=O)O)=C(C=CSc4cc(=O)c5c(C(F)(F)F)cccc5s4)CS[C@@H]23)cs1. The summed E-state index contributed by atoms with van der Waals surface area (Å²) in [5.41, 5.74) is 3.27. The number of aliphatic carboxylic acids is 1. The monoisotopic (exact) mass is 655 g/mol. The number of nitrogens with one attached hydrogen (secondary N) is 1. The Kier molecular flexibility index (Phi) is 8.06. The summed E-state index contributed by atoms with van der Waals surface area (Å²) in [6.45, 7) is 0. The van der Waals surface area contributed by atoms with Crippen molar-refractivity contribution in [2.24, 2.45) is 5.16 Å². The average Bonchev–Trinajstić information content (AvgIpc) is 3.36. The van der Waals surface area contributed by atoms with Gasteiger partial charge in [0.25, 0.3) is 11.8 Å². The van der Waals surface area contributed by atoms with E-state index in [2.05, 4.69) is 15.5 Å². The number of carbonyl (C=O) groups excluding carboxylic acids is 2. The smallest absolute Gasteiger partial charge is 0.417 e. The number of β-lactam (4-membered cyclic amide) rings is 1. The van der Waals surface area contributed by atoms with Crippen LogP contribution in [0.5, 0.6) is 0 Å². The zero-order chi connectivity index (χ0) is 30.3. The van der Waals surface area contributed by atoms with Gasteiger partial charge in [-0.25, -0.2) is 9.78 Å². The van der Waals surface area contributed by atoms with E-state index in [-0.39, 0.29) is 32.5 Å². The topological polar surface area (TPSA) is 175 Å². The van der Waals surface area contributed by atoms with Gasteiger partial charge in [0.1, 0.15) is 22.8 Å². The van der Waals surface area contributed by atoms with Gasteiger partial charge < -0.3 is 21.4 Å². The molecule has 2 atom stereocenters. The number of carbonyl (C=O) groups is 3. The number of fused-ring (bicyclic) bond motifs is 2. The van der Waals surface area contributed by atoms with Gasteiger partial charge in [0.2, 0.25) is 0 Å². The molecule has 2 aromatic heterocycles. The van der Waals surface area contributed by atoms with Crippen LogP contribution in [0, 0.1) is 0 Å². The second-order valence-corrected chi connectivity index (χ2v) is 12.9. The molecule has 0 radical (unpaired) electrons. The third kappa shape index (κ3) is 5.49. The molecule has 218 valence electrons. The molecule has 18 heteroatoms. The molecule has 2 amide bonds. The van der Waals surface area contributed by atoms with E-state index in [1.807, 2.05) is 0 Å². The van der Waals surface area contributed by atoms with Crippen molar-refractivity contribution in [3.63, 3.8) is 0 Å². The van der Waals surface area contributed by atoms with Crippen LogP contribution in [0.15, 0.2) is 66.6 Å². The molecule has 4 heterocycles. The first kappa shape index (κ1) is 29.6. The second-order valence-electron chi connectivity index (χ2n) is 8.59. The maximum Gasteiger partial charge on any atom is 0.417 e. The number of thiazole rings is 1. The molecule has 2 aliphatic rings. The number of benzene rings is 1. The maximum absolute atomic E-state index is 13.3. The predicted octanol–water partition coefficient (Wildman–Crippen LogP) is 3.54. The number of carboxylic acids is 1. The summed E-state index contributed by atoms with van der Waals surface area (Å²) < 4.78 is 40.5. The normalized spacial score (nSPS) is 19.3. The second kappa shape index (κ2) is 11.4. The number of hydrogen-bond donors (Lipinski definition) is 4. The standard InChI is InChI=1S/C24H16F3N5O6S4/c25-24(26,27)10-2-1-3-13-15(10)12(33)6-14(42-13)39-5-4-9-7-40-21-17(20(35)32(21)18(9)22(36)37)30-19(34)16(31-38)11-8-41-23(28)29-11/h1-6,8,17,21,38H,7H2,(H2,28,29)(H,30,34)(H,36,37)/t17?,21-/m0/s1. The van der Waals surface area contributed by atoms with E-state index in [0.717, 1.165) is 51.5 Å². The molecule has 42 heavy (non-hydrogen) atoms. The Labute approximate surface area is 249 Å². The van der Waals surface area contributed by atoms with Gasteiger partial charge in [0.15, 0.2) is 16.3 Å². The first-order chi connectivity index (χ1) is 19.9. The van der Waals surface area contributed by atoms with Gasteiger partial charge in [0, 0.05) is 21.9 Å². The lowest BCUT2D eigenvalue weighted by Crippen LogP contribution is -2.71. The Morgan fingerprint density at radius 3 is 2.69 bits per heavy atom. The number of amides is 2. The summed E-state index contributed by atoms with van der Waals surface area (Å²) in [5, 5.41) is 26.4. The van der Waals surface area contributed by atoms with Crippen LogP contribution in [0.25, 0.3) is 10.1 Å². The molecule has 5 N–H and O–H groups in total. The minimum absolute atomic E-state index is 0.00527. The summed E-state index contributed by atoms with van der Waals surface area (Å²) >= 11 is 4.20. The van der Waals surface area contributed by atoms with Crippen molar-refractivity contribution in [2.45, 2.75) is 21.8 Å². The predicted molar refractivity (Wildman–Crippen MR) is 153 cm³/mol. The number of allylic oxidation sites excluding steroid dienone is 1. The van der Waals surface area contributed by atoms with E-state index in [9.17, 15) is 42.7 Å². The lowest BCUT2D eigenvalue weighted by Gasteiger charge is -2.49. The molecular weight excluding hydrogens is 640 g/mol. The molecule has 0 spiro atoms. The number of halogens is 3. The number of nitrogens with two attached hydrogens (primary N) is 1. The Bertz CT molecular complexity index is 1780. The first-order valence-electron chi connectivity index (χ1n) is 11.5. The molecule has 11 nitrogen and oxygen atoms in total. The molecule has 1 saturated heterocycles. The van der Waals surface area contributed by atoms with Crippen molar-refractivity contribution in [3.05, 3.63) is 73.9 Å². The van der Waals surface area contributed by atoms with Crippen LogP contribution in [0.2, 0.25) is 0 Å². The number of alkyl halides is 3. The van der Waals surface area contributed by atoms with Crippen molar-refractivity contribution < 1.29 is 37.9 Å². The van der Waals surface area contributed by atoms with Crippen LogP contribution < -0.4 is 16.5 Å². The lowest BCUT2D eigenvalue weighted by molar-refractivity contribution is -0.150. The van der Waals surface area contributed by atoms with Gasteiger partial charge in [-0.2, -0.15) is 13.2 Å². The summed E-state index contributed by atoms with van der Waals surface area (Å²) in [7, 11) is 0. The van der Waals surface area contributed by atoms with E-state index < -0.39 is 57.5 Å². The van der Waals surface area contributed by atoms with Gasteiger partial charge in [-0.15, -0.1) is 34.4 Å². The van der Waals surface area contributed by atoms with E-state index in [1.54, 1.807) is 0 Å². The Morgan fingerprint density at radius 1 is 1.29 bits per heavy atom. The van der Waals surface area contributed by atoms with Crippen LogP contribution in [-0.2, 0) is 20.6 Å². The molecule has 0 saturated carbocycles. The molecule has 3 aromatic rings. The highest BCUT2D eigenvalue weighted by molar-refractivity contribution is 8.04. The minimum atomic E-state index is -4.68. The molecule has 1 aromatic carbocycles. The Balaban J connectivity index is 1.33.